The molecular formula is C4H8KNO3. The molecular weight excluding hydrogens is 149 g/mol. The Labute approximate surface area is 95.8 Å². The van der Waals surface area contributed by atoms with Gasteiger partial charge in [-0.05, 0) is 6.92 Å². The molecule has 0 amide bonds. The van der Waals surface area contributed by atoms with Crippen molar-refractivity contribution in [2.24, 2.45) is 5.73 Å². The first-order valence-corrected chi connectivity index (χ1v) is 2.20. The molecule has 2 atom stereocenters. The van der Waals surface area contributed by atoms with E-state index in [9.17, 15) is 9.90 Å². The van der Waals surface area contributed by atoms with E-state index in [4.69, 9.17) is 10.8 Å². The van der Waals surface area contributed by atoms with E-state index in [-0.39, 0.29) is 51.4 Å². The summed E-state index contributed by atoms with van der Waals surface area (Å²) >= 11 is 0. The Kier molecular flexibility index (Phi) is 8.15. The first-order valence-electron chi connectivity index (χ1n) is 2.20. The smallest absolute Gasteiger partial charge is 0.548 e. The van der Waals surface area contributed by atoms with Crippen LogP contribution in [0.4, 0.5) is 0 Å². The molecule has 0 fully saturated rings. The Morgan fingerprint density at radius 3 is 2.11 bits per heavy atom. The van der Waals surface area contributed by atoms with Gasteiger partial charge in [0, 0.05) is 0 Å². The zero-order valence-electron chi connectivity index (χ0n) is 5.50. The van der Waals surface area contributed by atoms with Gasteiger partial charge in [-0.2, -0.15) is 0 Å². The predicted octanol–water partition coefficient (Wildman–Crippen LogP) is -5.55. The fraction of sp³-hybridized carbons (Fsp3) is 0.750. The van der Waals surface area contributed by atoms with Crippen LogP contribution in [-0.4, -0.2) is 23.2 Å². The Morgan fingerprint density at radius 2 is 2.11 bits per heavy atom. The molecule has 0 aliphatic rings. The second-order valence-corrected chi connectivity index (χ2v) is 1.59. The van der Waals surface area contributed by atoms with Crippen LogP contribution in [-0.2, 0) is 4.79 Å². The van der Waals surface area contributed by atoms with Crippen LogP contribution in [0.1, 0.15) is 6.92 Å². The Balaban J connectivity index is 0. The van der Waals surface area contributed by atoms with Gasteiger partial charge < -0.3 is 20.7 Å². The van der Waals surface area contributed by atoms with Gasteiger partial charge in [0.25, 0.3) is 0 Å². The molecule has 0 spiro atoms. The third-order valence-corrected chi connectivity index (χ3v) is 0.792. The number of carboxylic acid groups (broad SMARTS) is 1. The minimum Gasteiger partial charge on any atom is -0.548 e. The predicted molar refractivity (Wildman–Crippen MR) is 24.7 cm³/mol. The van der Waals surface area contributed by atoms with E-state index in [1.165, 1.54) is 6.92 Å². The summed E-state index contributed by atoms with van der Waals surface area (Å²) in [5.74, 6) is -1.43. The Hall–Kier alpha value is 1.03. The van der Waals surface area contributed by atoms with E-state index in [0.717, 1.165) is 0 Å². The van der Waals surface area contributed by atoms with Crippen molar-refractivity contribution in [3.63, 3.8) is 0 Å². The molecule has 0 bridgehead atoms. The zero-order chi connectivity index (χ0) is 6.73. The molecule has 4 nitrogen and oxygen atoms in total. The van der Waals surface area contributed by atoms with Crippen molar-refractivity contribution in [3.05, 3.63) is 0 Å². The van der Waals surface area contributed by atoms with Crippen molar-refractivity contribution >= 4 is 5.97 Å². The molecule has 0 aliphatic carbocycles. The van der Waals surface area contributed by atoms with Crippen molar-refractivity contribution in [2.45, 2.75) is 19.1 Å². The third kappa shape index (κ3) is 5.47. The summed E-state index contributed by atoms with van der Waals surface area (Å²) in [4.78, 5) is 9.74. The topological polar surface area (TPSA) is 86.4 Å². The summed E-state index contributed by atoms with van der Waals surface area (Å²) in [5.41, 5.74) is 4.85. The first kappa shape index (κ1) is 12.7. The van der Waals surface area contributed by atoms with Crippen LogP contribution < -0.4 is 62.2 Å². The molecule has 48 valence electrons. The minimum absolute atomic E-state index is 0. The molecule has 9 heavy (non-hydrogen) atoms. The standard InChI is InChI=1S/C4H9NO3.K/c1-2(6)3(5)4(7)8;/h2-3,6H,5H2,1H3,(H,7,8);/q;+1/p-1. The van der Waals surface area contributed by atoms with E-state index in [1.54, 1.807) is 0 Å². The normalized spacial score (nSPS) is 15.4. The number of carbonyl (C=O) groups is 1. The SMILES string of the molecule is CC(O)C(N)C(=O)[O-].[K+]. The van der Waals surface area contributed by atoms with E-state index in [0.29, 0.717) is 0 Å². The maximum absolute atomic E-state index is 9.74. The van der Waals surface area contributed by atoms with Crippen molar-refractivity contribution in [1.82, 2.24) is 0 Å². The van der Waals surface area contributed by atoms with E-state index in [2.05, 4.69) is 0 Å². The van der Waals surface area contributed by atoms with E-state index < -0.39 is 18.1 Å². The Bertz CT molecular complexity index is 95.8. The van der Waals surface area contributed by atoms with Crippen LogP contribution >= 0.6 is 0 Å². The fourth-order valence-electron chi connectivity index (χ4n) is 0.197. The number of aliphatic hydroxyl groups excluding tert-OH is 1. The van der Waals surface area contributed by atoms with Gasteiger partial charge in [0.2, 0.25) is 0 Å². The average Bonchev–Trinajstić information content (AvgIpc) is 1.64. The number of carboxylic acids is 1. The molecule has 5 heteroatoms. The van der Waals surface area contributed by atoms with Crippen molar-refractivity contribution in [3.8, 4) is 0 Å². The van der Waals surface area contributed by atoms with Gasteiger partial charge >= 0.3 is 51.4 Å². The molecule has 0 aromatic heterocycles. The second-order valence-electron chi connectivity index (χ2n) is 1.59. The van der Waals surface area contributed by atoms with Gasteiger partial charge in [0.05, 0.1) is 18.1 Å². The van der Waals surface area contributed by atoms with Gasteiger partial charge in [0.1, 0.15) is 0 Å². The monoisotopic (exact) mass is 157 g/mol. The van der Waals surface area contributed by atoms with Crippen LogP contribution in [0.25, 0.3) is 0 Å². The summed E-state index contributed by atoms with van der Waals surface area (Å²) in [7, 11) is 0. The average molecular weight is 157 g/mol. The molecule has 3 N–H and O–H groups in total. The maximum atomic E-state index is 9.74. The largest absolute Gasteiger partial charge is 1.00 e. The fourth-order valence-corrected chi connectivity index (χ4v) is 0.197. The molecule has 0 radical (unpaired) electrons. The molecule has 0 aromatic carbocycles. The van der Waals surface area contributed by atoms with Crippen molar-refractivity contribution in [2.75, 3.05) is 0 Å². The van der Waals surface area contributed by atoms with Crippen LogP contribution in [0, 0.1) is 0 Å². The number of hydrogen-bond donors (Lipinski definition) is 2. The molecule has 0 heterocycles. The van der Waals surface area contributed by atoms with Gasteiger partial charge in [-0.1, -0.05) is 0 Å². The molecule has 2 unspecified atom stereocenters. The number of hydrogen-bond acceptors (Lipinski definition) is 4. The molecule has 0 saturated carbocycles. The van der Waals surface area contributed by atoms with Gasteiger partial charge in [0.15, 0.2) is 0 Å². The van der Waals surface area contributed by atoms with Crippen LogP contribution in [0.3, 0.4) is 0 Å². The van der Waals surface area contributed by atoms with Crippen LogP contribution in [0.15, 0.2) is 0 Å². The summed E-state index contributed by atoms with van der Waals surface area (Å²) in [6, 6.07) is -1.27. The van der Waals surface area contributed by atoms with Crippen molar-refractivity contribution in [1.29, 1.82) is 0 Å². The van der Waals surface area contributed by atoms with Gasteiger partial charge in [-0.15, -0.1) is 0 Å². The second kappa shape index (κ2) is 5.78. The first-order chi connectivity index (χ1) is 3.55. The van der Waals surface area contributed by atoms with Crippen molar-refractivity contribution < 1.29 is 66.4 Å². The maximum Gasteiger partial charge on any atom is 1.00 e. The minimum atomic E-state index is -1.43. The number of carbonyl (C=O) groups excluding carboxylic acids is 1. The number of aliphatic carboxylic acids is 1. The van der Waals surface area contributed by atoms with E-state index >= 15 is 0 Å². The van der Waals surface area contributed by atoms with Gasteiger partial charge in [-0.3, -0.25) is 0 Å². The summed E-state index contributed by atoms with van der Waals surface area (Å²) in [6.45, 7) is 1.29. The molecule has 0 saturated heterocycles. The van der Waals surface area contributed by atoms with E-state index in [1.807, 2.05) is 0 Å². The molecule has 0 aromatic rings. The summed E-state index contributed by atoms with van der Waals surface area (Å²) in [6.07, 6.45) is -1.04. The van der Waals surface area contributed by atoms with Crippen LogP contribution in [0.2, 0.25) is 0 Å². The Morgan fingerprint density at radius 1 is 1.78 bits per heavy atom. The zero-order valence-corrected chi connectivity index (χ0v) is 8.62. The number of nitrogens with two attached hydrogens (primary N) is 1. The van der Waals surface area contributed by atoms with Gasteiger partial charge in [-0.25, -0.2) is 0 Å². The van der Waals surface area contributed by atoms with Crippen LogP contribution in [0.5, 0.6) is 0 Å². The third-order valence-electron chi connectivity index (χ3n) is 0.792. The summed E-state index contributed by atoms with van der Waals surface area (Å²) < 4.78 is 0. The quantitative estimate of drug-likeness (QED) is 0.391. The number of aliphatic hydroxyl groups is 1. The summed E-state index contributed by atoms with van der Waals surface area (Å²) in [5, 5.41) is 18.2. The molecule has 0 rings (SSSR count). The molecule has 0 aliphatic heterocycles. The number of rotatable bonds is 2.